The SMILES string of the molecule is CN1CCC(N(C)Cc2cc(=O)c(O)cn2CCCO)CC1. The molecule has 0 saturated carbocycles. The molecular weight excluding hydrogens is 282 g/mol. The number of aryl methyl sites for hydroxylation is 1. The van der Waals surface area contributed by atoms with Crippen molar-refractivity contribution in [1.82, 2.24) is 14.4 Å². The van der Waals surface area contributed by atoms with Gasteiger partial charge in [0.15, 0.2) is 5.75 Å². The highest BCUT2D eigenvalue weighted by molar-refractivity contribution is 5.20. The zero-order chi connectivity index (χ0) is 16.1. The lowest BCUT2D eigenvalue weighted by atomic mass is 10.0. The van der Waals surface area contributed by atoms with Crippen LogP contribution in [0.5, 0.6) is 5.75 Å². The molecular formula is C16H27N3O3. The lowest BCUT2D eigenvalue weighted by molar-refractivity contribution is 0.136. The third kappa shape index (κ3) is 4.32. The summed E-state index contributed by atoms with van der Waals surface area (Å²) in [6.45, 7) is 3.57. The largest absolute Gasteiger partial charge is 0.503 e. The van der Waals surface area contributed by atoms with Crippen LogP contribution in [0.3, 0.4) is 0 Å². The van der Waals surface area contributed by atoms with Crippen LogP contribution in [0.25, 0.3) is 0 Å². The van der Waals surface area contributed by atoms with E-state index in [2.05, 4.69) is 23.9 Å². The molecule has 124 valence electrons. The highest BCUT2D eigenvalue weighted by Gasteiger charge is 2.21. The fraction of sp³-hybridized carbons (Fsp3) is 0.688. The van der Waals surface area contributed by atoms with Crippen molar-refractivity contribution in [2.75, 3.05) is 33.8 Å². The number of hydrogen-bond donors (Lipinski definition) is 2. The first-order valence-corrected chi connectivity index (χ1v) is 7.93. The Morgan fingerprint density at radius 1 is 1.36 bits per heavy atom. The summed E-state index contributed by atoms with van der Waals surface area (Å²) in [5.74, 6) is -0.233. The summed E-state index contributed by atoms with van der Waals surface area (Å²) in [6.07, 6.45) is 4.35. The van der Waals surface area contributed by atoms with Gasteiger partial charge in [-0.15, -0.1) is 0 Å². The average molecular weight is 309 g/mol. The highest BCUT2D eigenvalue weighted by atomic mass is 16.3. The summed E-state index contributed by atoms with van der Waals surface area (Å²) in [4.78, 5) is 16.4. The molecule has 22 heavy (non-hydrogen) atoms. The molecule has 0 radical (unpaired) electrons. The van der Waals surface area contributed by atoms with Crippen LogP contribution in [0.2, 0.25) is 0 Å². The molecule has 2 heterocycles. The van der Waals surface area contributed by atoms with Gasteiger partial charge in [-0.1, -0.05) is 0 Å². The molecule has 1 aliphatic rings. The van der Waals surface area contributed by atoms with E-state index in [0.717, 1.165) is 31.6 Å². The summed E-state index contributed by atoms with van der Waals surface area (Å²) in [5, 5.41) is 18.6. The quantitative estimate of drug-likeness (QED) is 0.799. The Bertz CT molecular complexity index is 536. The molecule has 0 aromatic carbocycles. The van der Waals surface area contributed by atoms with E-state index in [-0.39, 0.29) is 17.8 Å². The van der Waals surface area contributed by atoms with Crippen molar-refractivity contribution in [3.8, 4) is 5.75 Å². The molecule has 6 heteroatoms. The predicted octanol–water partition coefficient (Wildman–Crippen LogP) is 0.462. The molecule has 1 aromatic rings. The highest BCUT2D eigenvalue weighted by Crippen LogP contribution is 2.17. The van der Waals surface area contributed by atoms with Crippen molar-refractivity contribution in [2.45, 2.75) is 38.4 Å². The number of hydrogen-bond acceptors (Lipinski definition) is 5. The van der Waals surface area contributed by atoms with Crippen molar-refractivity contribution in [1.29, 1.82) is 0 Å². The van der Waals surface area contributed by atoms with Crippen LogP contribution in [0.4, 0.5) is 0 Å². The summed E-state index contributed by atoms with van der Waals surface area (Å²) < 4.78 is 1.87. The van der Waals surface area contributed by atoms with Gasteiger partial charge in [0.05, 0.1) is 6.20 Å². The van der Waals surface area contributed by atoms with E-state index in [1.165, 1.54) is 12.3 Å². The topological polar surface area (TPSA) is 68.9 Å². The lowest BCUT2D eigenvalue weighted by Gasteiger charge is -2.35. The molecule has 2 N–H and O–H groups in total. The number of rotatable bonds is 6. The minimum Gasteiger partial charge on any atom is -0.503 e. The van der Waals surface area contributed by atoms with E-state index in [0.29, 0.717) is 25.6 Å². The Morgan fingerprint density at radius 2 is 2.05 bits per heavy atom. The fourth-order valence-electron chi connectivity index (χ4n) is 3.01. The standard InChI is InChI=1S/C16H27N3O3/c1-17-7-4-13(5-8-17)18(2)11-14-10-15(21)16(22)12-19(14)6-3-9-20/h10,12-13,20,22H,3-9,11H2,1-2H3. The maximum Gasteiger partial charge on any atom is 0.223 e. The Balaban J connectivity index is 2.10. The smallest absolute Gasteiger partial charge is 0.223 e. The molecule has 0 unspecified atom stereocenters. The van der Waals surface area contributed by atoms with Crippen LogP contribution in [-0.4, -0.2) is 64.4 Å². The second-order valence-electron chi connectivity index (χ2n) is 6.23. The van der Waals surface area contributed by atoms with Gasteiger partial charge in [-0.3, -0.25) is 9.69 Å². The van der Waals surface area contributed by atoms with Crippen LogP contribution < -0.4 is 5.43 Å². The number of pyridine rings is 1. The molecule has 0 aliphatic carbocycles. The monoisotopic (exact) mass is 309 g/mol. The van der Waals surface area contributed by atoms with Crippen LogP contribution in [0.15, 0.2) is 17.1 Å². The van der Waals surface area contributed by atoms with Gasteiger partial charge >= 0.3 is 0 Å². The summed E-state index contributed by atoms with van der Waals surface area (Å²) in [5.41, 5.74) is 0.546. The van der Waals surface area contributed by atoms with E-state index in [1.54, 1.807) is 0 Å². The van der Waals surface area contributed by atoms with Gasteiger partial charge in [0, 0.05) is 37.5 Å². The van der Waals surface area contributed by atoms with Crippen LogP contribution >= 0.6 is 0 Å². The molecule has 0 bridgehead atoms. The lowest BCUT2D eigenvalue weighted by Crippen LogP contribution is -2.42. The molecule has 0 spiro atoms. The third-order valence-electron chi connectivity index (χ3n) is 4.48. The van der Waals surface area contributed by atoms with Crippen LogP contribution in [0, 0.1) is 0 Å². The number of aliphatic hydroxyl groups is 1. The molecule has 1 fully saturated rings. The number of aromatic nitrogens is 1. The van der Waals surface area contributed by atoms with Crippen LogP contribution in [-0.2, 0) is 13.1 Å². The van der Waals surface area contributed by atoms with Gasteiger partial charge in [0.1, 0.15) is 0 Å². The molecule has 6 nitrogen and oxygen atoms in total. The van der Waals surface area contributed by atoms with Gasteiger partial charge in [-0.2, -0.15) is 0 Å². The van der Waals surface area contributed by atoms with Gasteiger partial charge in [-0.25, -0.2) is 0 Å². The van der Waals surface area contributed by atoms with Gasteiger partial charge in [0.2, 0.25) is 5.43 Å². The maximum absolute atomic E-state index is 11.7. The predicted molar refractivity (Wildman–Crippen MR) is 86.1 cm³/mol. The van der Waals surface area contributed by atoms with Crippen molar-refractivity contribution in [3.63, 3.8) is 0 Å². The fourth-order valence-corrected chi connectivity index (χ4v) is 3.01. The van der Waals surface area contributed by atoms with E-state index in [4.69, 9.17) is 5.11 Å². The molecule has 0 atom stereocenters. The minimum absolute atomic E-state index is 0.0944. The minimum atomic E-state index is -0.341. The number of aliphatic hydroxyl groups excluding tert-OH is 1. The summed E-state index contributed by atoms with van der Waals surface area (Å²) >= 11 is 0. The number of nitrogens with zero attached hydrogens (tertiary/aromatic N) is 3. The Morgan fingerprint density at radius 3 is 2.68 bits per heavy atom. The molecule has 0 amide bonds. The first-order valence-electron chi connectivity index (χ1n) is 7.93. The second-order valence-corrected chi connectivity index (χ2v) is 6.23. The maximum atomic E-state index is 11.7. The van der Waals surface area contributed by atoms with Gasteiger partial charge < -0.3 is 19.7 Å². The Kier molecular flexibility index (Phi) is 5.99. The van der Waals surface area contributed by atoms with Crippen molar-refractivity contribution in [2.24, 2.45) is 0 Å². The first-order chi connectivity index (χ1) is 10.5. The van der Waals surface area contributed by atoms with Crippen molar-refractivity contribution in [3.05, 3.63) is 28.2 Å². The van der Waals surface area contributed by atoms with Gasteiger partial charge in [0.25, 0.3) is 0 Å². The van der Waals surface area contributed by atoms with Crippen molar-refractivity contribution < 1.29 is 10.2 Å². The zero-order valence-electron chi connectivity index (χ0n) is 13.5. The van der Waals surface area contributed by atoms with E-state index in [1.807, 2.05) is 4.57 Å². The molecule has 1 saturated heterocycles. The Hall–Kier alpha value is -1.37. The zero-order valence-corrected chi connectivity index (χ0v) is 13.5. The number of aromatic hydroxyl groups is 1. The average Bonchev–Trinajstić information content (AvgIpc) is 2.50. The Labute approximate surface area is 131 Å². The molecule has 1 aliphatic heterocycles. The van der Waals surface area contributed by atoms with E-state index >= 15 is 0 Å². The normalized spacial score (nSPS) is 17.3. The first kappa shape index (κ1) is 17.0. The molecule has 1 aromatic heterocycles. The summed E-state index contributed by atoms with van der Waals surface area (Å²) in [7, 11) is 4.23. The number of piperidine rings is 1. The van der Waals surface area contributed by atoms with Crippen LogP contribution in [0.1, 0.15) is 25.0 Å². The van der Waals surface area contributed by atoms with E-state index in [9.17, 15) is 9.90 Å². The summed E-state index contributed by atoms with van der Waals surface area (Å²) in [6, 6.07) is 2.03. The third-order valence-corrected chi connectivity index (χ3v) is 4.48. The second kappa shape index (κ2) is 7.76. The molecule has 2 rings (SSSR count). The van der Waals surface area contributed by atoms with Gasteiger partial charge in [-0.05, 0) is 46.4 Å². The number of likely N-dealkylation sites (tertiary alicyclic amines) is 1. The van der Waals surface area contributed by atoms with E-state index < -0.39 is 0 Å². The van der Waals surface area contributed by atoms with Crippen molar-refractivity contribution >= 4 is 0 Å².